The zero-order chi connectivity index (χ0) is 9.52. The number of rotatable bonds is 4. The summed E-state index contributed by atoms with van der Waals surface area (Å²) in [6.07, 6.45) is 9.35. The molecule has 0 atom stereocenters. The van der Waals surface area contributed by atoms with Crippen LogP contribution in [0.2, 0.25) is 0 Å². The number of hydrogen-bond donors (Lipinski definition) is 1. The van der Waals surface area contributed by atoms with Crippen LogP contribution in [0.25, 0.3) is 0 Å². The molecular formula is C9H11N3S. The van der Waals surface area contributed by atoms with Crippen LogP contribution < -0.4 is 5.32 Å². The van der Waals surface area contributed by atoms with Crippen LogP contribution in [0.3, 0.4) is 0 Å². The van der Waals surface area contributed by atoms with Gasteiger partial charge in [0.2, 0.25) is 0 Å². The summed E-state index contributed by atoms with van der Waals surface area (Å²) < 4.78 is 0. The van der Waals surface area contributed by atoms with Crippen LogP contribution in [0, 0.1) is 12.3 Å². The molecule has 1 heterocycles. The highest BCUT2D eigenvalue weighted by atomic mass is 32.2. The standard InChI is InChI=1S/C9H11N3S/c1-3-4-5-10-8-6-9(13-2)12-7-11-8/h1,6-7H,4-5H2,2H3,(H,10,11,12). The van der Waals surface area contributed by atoms with Gasteiger partial charge < -0.3 is 5.32 Å². The highest BCUT2D eigenvalue weighted by Crippen LogP contribution is 2.13. The van der Waals surface area contributed by atoms with Crippen molar-refractivity contribution in [3.05, 3.63) is 12.4 Å². The zero-order valence-electron chi connectivity index (χ0n) is 7.45. The van der Waals surface area contributed by atoms with Gasteiger partial charge in [-0.15, -0.1) is 24.1 Å². The number of hydrogen-bond acceptors (Lipinski definition) is 4. The predicted molar refractivity (Wildman–Crippen MR) is 55.8 cm³/mol. The quantitative estimate of drug-likeness (QED) is 0.341. The molecule has 13 heavy (non-hydrogen) atoms. The molecule has 0 fully saturated rings. The molecule has 1 rings (SSSR count). The van der Waals surface area contributed by atoms with Gasteiger partial charge in [0.15, 0.2) is 0 Å². The van der Waals surface area contributed by atoms with Crippen molar-refractivity contribution in [1.29, 1.82) is 0 Å². The van der Waals surface area contributed by atoms with E-state index in [1.54, 1.807) is 18.1 Å². The van der Waals surface area contributed by atoms with Gasteiger partial charge in [-0.1, -0.05) is 0 Å². The lowest BCUT2D eigenvalue weighted by Crippen LogP contribution is -2.02. The van der Waals surface area contributed by atoms with Gasteiger partial charge in [0.1, 0.15) is 17.2 Å². The lowest BCUT2D eigenvalue weighted by molar-refractivity contribution is 1.01. The van der Waals surface area contributed by atoms with E-state index >= 15 is 0 Å². The second-order valence-electron chi connectivity index (χ2n) is 2.33. The highest BCUT2D eigenvalue weighted by molar-refractivity contribution is 7.98. The molecule has 4 heteroatoms. The zero-order valence-corrected chi connectivity index (χ0v) is 8.27. The molecule has 0 saturated heterocycles. The first kappa shape index (κ1) is 9.87. The van der Waals surface area contributed by atoms with Crippen molar-refractivity contribution in [1.82, 2.24) is 9.97 Å². The van der Waals surface area contributed by atoms with E-state index < -0.39 is 0 Å². The number of terminal acetylenes is 1. The fourth-order valence-electron chi connectivity index (χ4n) is 0.811. The minimum atomic E-state index is 0.707. The Morgan fingerprint density at radius 1 is 1.62 bits per heavy atom. The largest absolute Gasteiger partial charge is 0.369 e. The van der Waals surface area contributed by atoms with Crippen LogP contribution in [-0.4, -0.2) is 22.8 Å². The summed E-state index contributed by atoms with van der Waals surface area (Å²) >= 11 is 1.59. The molecule has 1 N–H and O–H groups in total. The van der Waals surface area contributed by atoms with Crippen LogP contribution in [-0.2, 0) is 0 Å². The van der Waals surface area contributed by atoms with Crippen LogP contribution in [0.15, 0.2) is 17.4 Å². The maximum absolute atomic E-state index is 5.12. The Morgan fingerprint density at radius 2 is 2.46 bits per heavy atom. The van der Waals surface area contributed by atoms with E-state index in [0.29, 0.717) is 6.42 Å². The summed E-state index contributed by atoms with van der Waals surface area (Å²) in [6.45, 7) is 0.751. The minimum Gasteiger partial charge on any atom is -0.369 e. The molecule has 1 aromatic rings. The first-order valence-corrected chi connectivity index (χ1v) is 5.12. The molecule has 0 aromatic carbocycles. The number of nitrogens with one attached hydrogen (secondary N) is 1. The molecule has 0 radical (unpaired) electrons. The van der Waals surface area contributed by atoms with Gasteiger partial charge in [0.25, 0.3) is 0 Å². The summed E-state index contributed by atoms with van der Waals surface area (Å²) in [5, 5.41) is 4.07. The molecule has 0 aliphatic rings. The fourth-order valence-corrected chi connectivity index (χ4v) is 1.19. The number of anilines is 1. The molecule has 0 saturated carbocycles. The van der Waals surface area contributed by atoms with Gasteiger partial charge in [-0.05, 0) is 6.26 Å². The van der Waals surface area contributed by atoms with E-state index in [0.717, 1.165) is 17.4 Å². The third kappa shape index (κ3) is 3.34. The minimum absolute atomic E-state index is 0.707. The van der Waals surface area contributed by atoms with Gasteiger partial charge in [0, 0.05) is 19.0 Å². The Kier molecular flexibility index (Phi) is 4.13. The van der Waals surface area contributed by atoms with Crippen molar-refractivity contribution in [3.63, 3.8) is 0 Å². The van der Waals surface area contributed by atoms with Gasteiger partial charge in [-0.3, -0.25) is 0 Å². The monoisotopic (exact) mass is 193 g/mol. The number of nitrogens with zero attached hydrogens (tertiary/aromatic N) is 2. The molecule has 0 aliphatic carbocycles. The van der Waals surface area contributed by atoms with Crippen molar-refractivity contribution < 1.29 is 0 Å². The summed E-state index contributed by atoms with van der Waals surface area (Å²) in [6, 6.07) is 1.90. The Hall–Kier alpha value is -1.21. The van der Waals surface area contributed by atoms with Gasteiger partial charge in [0.05, 0.1) is 0 Å². The van der Waals surface area contributed by atoms with E-state index in [1.165, 1.54) is 0 Å². The molecule has 68 valence electrons. The maximum atomic E-state index is 5.12. The molecule has 0 bridgehead atoms. The SMILES string of the molecule is C#CCCNc1cc(SC)ncn1. The molecule has 0 spiro atoms. The molecule has 1 aromatic heterocycles. The summed E-state index contributed by atoms with van der Waals surface area (Å²) in [5.41, 5.74) is 0. The molecular weight excluding hydrogens is 182 g/mol. The van der Waals surface area contributed by atoms with Crippen LogP contribution in [0.4, 0.5) is 5.82 Å². The van der Waals surface area contributed by atoms with E-state index in [4.69, 9.17) is 6.42 Å². The van der Waals surface area contributed by atoms with Crippen LogP contribution >= 0.6 is 11.8 Å². The smallest absolute Gasteiger partial charge is 0.130 e. The first-order chi connectivity index (χ1) is 6.36. The van der Waals surface area contributed by atoms with Crippen molar-refractivity contribution in [2.75, 3.05) is 18.1 Å². The Morgan fingerprint density at radius 3 is 3.15 bits per heavy atom. The Labute approximate surface area is 82.4 Å². The molecule has 0 aliphatic heterocycles. The maximum Gasteiger partial charge on any atom is 0.130 e. The van der Waals surface area contributed by atoms with Crippen molar-refractivity contribution in [2.45, 2.75) is 11.4 Å². The summed E-state index contributed by atoms with van der Waals surface area (Å²) in [5.74, 6) is 3.38. The second-order valence-corrected chi connectivity index (χ2v) is 3.15. The van der Waals surface area contributed by atoms with Crippen LogP contribution in [0.1, 0.15) is 6.42 Å². The normalized spacial score (nSPS) is 9.23. The lowest BCUT2D eigenvalue weighted by atomic mass is 10.4. The van der Waals surface area contributed by atoms with E-state index in [2.05, 4.69) is 21.2 Å². The first-order valence-electron chi connectivity index (χ1n) is 3.90. The molecule has 0 unspecified atom stereocenters. The van der Waals surface area contributed by atoms with Crippen molar-refractivity contribution in [3.8, 4) is 12.3 Å². The van der Waals surface area contributed by atoms with Gasteiger partial charge in [-0.25, -0.2) is 9.97 Å². The fraction of sp³-hybridized carbons (Fsp3) is 0.333. The molecule has 0 amide bonds. The third-order valence-electron chi connectivity index (χ3n) is 1.43. The lowest BCUT2D eigenvalue weighted by Gasteiger charge is -2.02. The van der Waals surface area contributed by atoms with Crippen molar-refractivity contribution in [2.24, 2.45) is 0 Å². The topological polar surface area (TPSA) is 37.8 Å². The summed E-state index contributed by atoms with van der Waals surface area (Å²) in [4.78, 5) is 8.11. The Bertz CT molecular complexity index is 306. The van der Waals surface area contributed by atoms with E-state index in [9.17, 15) is 0 Å². The van der Waals surface area contributed by atoms with Crippen molar-refractivity contribution >= 4 is 17.6 Å². The number of aromatic nitrogens is 2. The average molecular weight is 193 g/mol. The van der Waals surface area contributed by atoms with Crippen LogP contribution in [0.5, 0.6) is 0 Å². The van der Waals surface area contributed by atoms with E-state index in [1.807, 2.05) is 12.3 Å². The predicted octanol–water partition coefficient (Wildman–Crippen LogP) is 1.63. The third-order valence-corrected chi connectivity index (χ3v) is 2.07. The summed E-state index contributed by atoms with van der Waals surface area (Å²) in [7, 11) is 0. The Balaban J connectivity index is 2.52. The van der Waals surface area contributed by atoms with Gasteiger partial charge >= 0.3 is 0 Å². The number of thioether (sulfide) groups is 1. The average Bonchev–Trinajstić information content (AvgIpc) is 2.19. The van der Waals surface area contributed by atoms with E-state index in [-0.39, 0.29) is 0 Å². The highest BCUT2D eigenvalue weighted by Gasteiger charge is 1.95. The second kappa shape index (κ2) is 5.44. The molecule has 3 nitrogen and oxygen atoms in total. The van der Waals surface area contributed by atoms with Gasteiger partial charge in [-0.2, -0.15) is 0 Å².